The molecule has 2 aliphatic rings. The molecule has 0 aromatic carbocycles. The first-order valence-corrected chi connectivity index (χ1v) is 9.97. The number of carbonyl (C=O) groups is 1. The molecule has 0 saturated carbocycles. The van der Waals surface area contributed by atoms with Crippen LogP contribution in [-0.2, 0) is 24.2 Å². The summed E-state index contributed by atoms with van der Waals surface area (Å²) in [5.74, 6) is 0.939. The molecule has 25 heavy (non-hydrogen) atoms. The standard InChI is InChI=1S/C20H24N2O2S/c1-14-2-3-17-18(13-25-19(17)10-14)20(23)22-9-6-16(11-22)24-12-15-4-7-21-8-5-15/h4-5,7-8,13-14,16H,2-3,6,9-12H2,1H3/t14-,16+/m0/s1. The van der Waals surface area contributed by atoms with Gasteiger partial charge >= 0.3 is 0 Å². The smallest absolute Gasteiger partial charge is 0.255 e. The Morgan fingerprint density at radius 1 is 1.36 bits per heavy atom. The maximum absolute atomic E-state index is 13.0. The number of likely N-dealkylation sites (tertiary alicyclic amines) is 1. The van der Waals surface area contributed by atoms with Gasteiger partial charge in [0.15, 0.2) is 0 Å². The molecule has 132 valence electrons. The molecule has 4 rings (SSSR count). The molecule has 5 heteroatoms. The Morgan fingerprint density at radius 2 is 2.20 bits per heavy atom. The minimum atomic E-state index is 0.131. The van der Waals surface area contributed by atoms with Crippen molar-refractivity contribution in [2.45, 2.75) is 45.3 Å². The van der Waals surface area contributed by atoms with E-state index in [2.05, 4.69) is 17.3 Å². The molecule has 0 unspecified atom stereocenters. The van der Waals surface area contributed by atoms with E-state index in [0.717, 1.165) is 42.9 Å². The molecule has 0 radical (unpaired) electrons. The number of fused-ring (bicyclic) bond motifs is 1. The van der Waals surface area contributed by atoms with Crippen molar-refractivity contribution in [1.82, 2.24) is 9.88 Å². The van der Waals surface area contributed by atoms with Gasteiger partial charge in [-0.1, -0.05) is 6.92 Å². The molecule has 2 aromatic rings. The number of amides is 1. The second kappa shape index (κ2) is 7.26. The summed E-state index contributed by atoms with van der Waals surface area (Å²) in [4.78, 5) is 20.4. The van der Waals surface area contributed by atoms with Crippen LogP contribution in [0, 0.1) is 5.92 Å². The predicted molar refractivity (Wildman–Crippen MR) is 98.8 cm³/mol. The molecule has 1 fully saturated rings. The normalized spacial score (nSPS) is 22.8. The molecule has 0 N–H and O–H groups in total. The number of carbonyl (C=O) groups excluding carboxylic acids is 1. The number of aromatic nitrogens is 1. The van der Waals surface area contributed by atoms with E-state index in [1.165, 1.54) is 16.9 Å². The van der Waals surface area contributed by atoms with Crippen molar-refractivity contribution in [2.24, 2.45) is 5.92 Å². The summed E-state index contributed by atoms with van der Waals surface area (Å²) < 4.78 is 5.99. The molecule has 2 aromatic heterocycles. The van der Waals surface area contributed by atoms with Crippen molar-refractivity contribution in [3.63, 3.8) is 0 Å². The van der Waals surface area contributed by atoms with E-state index in [9.17, 15) is 4.79 Å². The number of rotatable bonds is 4. The molecule has 1 aliphatic carbocycles. The molecular formula is C20H24N2O2S. The largest absolute Gasteiger partial charge is 0.372 e. The fourth-order valence-corrected chi connectivity index (χ4v) is 5.01. The first kappa shape index (κ1) is 16.7. The molecule has 1 aliphatic heterocycles. The molecule has 2 atom stereocenters. The zero-order valence-corrected chi connectivity index (χ0v) is 15.4. The summed E-state index contributed by atoms with van der Waals surface area (Å²) >= 11 is 1.77. The van der Waals surface area contributed by atoms with Gasteiger partial charge in [0, 0.05) is 35.7 Å². The van der Waals surface area contributed by atoms with Gasteiger partial charge < -0.3 is 9.64 Å². The number of pyridine rings is 1. The van der Waals surface area contributed by atoms with Gasteiger partial charge in [-0.05, 0) is 54.9 Å². The summed E-state index contributed by atoms with van der Waals surface area (Å²) in [5, 5.41) is 2.08. The van der Waals surface area contributed by atoms with E-state index in [4.69, 9.17) is 4.74 Å². The topological polar surface area (TPSA) is 42.4 Å². The molecular weight excluding hydrogens is 332 g/mol. The summed E-state index contributed by atoms with van der Waals surface area (Å²) in [5.41, 5.74) is 3.39. The average molecular weight is 356 g/mol. The Hall–Kier alpha value is -1.72. The fraction of sp³-hybridized carbons (Fsp3) is 0.500. The SMILES string of the molecule is C[C@H]1CCc2c(C(=O)N3CC[C@@H](OCc4ccncc4)C3)csc2C1. The molecule has 0 spiro atoms. The van der Waals surface area contributed by atoms with E-state index < -0.39 is 0 Å². The molecule has 3 heterocycles. The summed E-state index contributed by atoms with van der Waals surface area (Å²) in [6.07, 6.45) is 7.99. The number of thiophene rings is 1. The average Bonchev–Trinajstić information content (AvgIpc) is 3.27. The van der Waals surface area contributed by atoms with E-state index in [1.807, 2.05) is 17.0 Å². The minimum Gasteiger partial charge on any atom is -0.372 e. The van der Waals surface area contributed by atoms with Gasteiger partial charge in [-0.3, -0.25) is 9.78 Å². The first-order valence-electron chi connectivity index (χ1n) is 9.09. The van der Waals surface area contributed by atoms with Gasteiger partial charge in [-0.25, -0.2) is 0 Å². The van der Waals surface area contributed by atoms with Gasteiger partial charge in [0.25, 0.3) is 5.91 Å². The number of nitrogens with zero attached hydrogens (tertiary/aromatic N) is 2. The molecule has 1 saturated heterocycles. The van der Waals surface area contributed by atoms with Crippen molar-refractivity contribution in [3.05, 3.63) is 51.5 Å². The Morgan fingerprint density at radius 3 is 3.04 bits per heavy atom. The van der Waals surface area contributed by atoms with Crippen LogP contribution < -0.4 is 0 Å². The summed E-state index contributed by atoms with van der Waals surface area (Å²) in [6.45, 7) is 4.38. The Labute approximate surface area is 152 Å². The lowest BCUT2D eigenvalue weighted by atomic mass is 9.88. The molecule has 4 nitrogen and oxygen atoms in total. The minimum absolute atomic E-state index is 0.131. The maximum atomic E-state index is 13.0. The van der Waals surface area contributed by atoms with Gasteiger partial charge in [0.2, 0.25) is 0 Å². The monoisotopic (exact) mass is 356 g/mol. The van der Waals surface area contributed by atoms with Crippen LogP contribution in [0.5, 0.6) is 0 Å². The maximum Gasteiger partial charge on any atom is 0.255 e. The summed E-state index contributed by atoms with van der Waals surface area (Å²) in [7, 11) is 0. The van der Waals surface area contributed by atoms with Crippen LogP contribution in [0.2, 0.25) is 0 Å². The van der Waals surface area contributed by atoms with Crippen LogP contribution in [0.15, 0.2) is 29.9 Å². The van der Waals surface area contributed by atoms with Crippen molar-refractivity contribution >= 4 is 17.2 Å². The van der Waals surface area contributed by atoms with Gasteiger partial charge in [0.1, 0.15) is 0 Å². The predicted octanol–water partition coefficient (Wildman–Crippen LogP) is 3.70. The Kier molecular flexibility index (Phi) is 4.86. The van der Waals surface area contributed by atoms with Gasteiger partial charge in [-0.15, -0.1) is 11.3 Å². The van der Waals surface area contributed by atoms with E-state index >= 15 is 0 Å². The number of ether oxygens (including phenoxy) is 1. The lowest BCUT2D eigenvalue weighted by molar-refractivity contribution is 0.0437. The lowest BCUT2D eigenvalue weighted by Gasteiger charge is -2.21. The highest BCUT2D eigenvalue weighted by molar-refractivity contribution is 7.10. The third-order valence-electron chi connectivity index (χ3n) is 5.30. The second-order valence-corrected chi connectivity index (χ2v) is 8.19. The highest BCUT2D eigenvalue weighted by atomic mass is 32.1. The number of hydrogen-bond donors (Lipinski definition) is 0. The zero-order valence-electron chi connectivity index (χ0n) is 14.6. The quantitative estimate of drug-likeness (QED) is 0.839. The van der Waals surface area contributed by atoms with Crippen LogP contribution in [0.25, 0.3) is 0 Å². The van der Waals surface area contributed by atoms with Crippen LogP contribution in [0.4, 0.5) is 0 Å². The third kappa shape index (κ3) is 3.62. The van der Waals surface area contributed by atoms with E-state index in [0.29, 0.717) is 13.2 Å². The van der Waals surface area contributed by atoms with Crippen molar-refractivity contribution in [3.8, 4) is 0 Å². The Bertz CT molecular complexity index is 743. The second-order valence-electron chi connectivity index (χ2n) is 7.23. The van der Waals surface area contributed by atoms with Crippen LogP contribution in [-0.4, -0.2) is 35.0 Å². The Balaban J connectivity index is 1.36. The van der Waals surface area contributed by atoms with E-state index in [-0.39, 0.29) is 12.0 Å². The van der Waals surface area contributed by atoms with Crippen molar-refractivity contribution in [1.29, 1.82) is 0 Å². The van der Waals surface area contributed by atoms with Crippen molar-refractivity contribution in [2.75, 3.05) is 13.1 Å². The highest BCUT2D eigenvalue weighted by Crippen LogP contribution is 2.34. The molecule has 1 amide bonds. The van der Waals surface area contributed by atoms with Crippen LogP contribution in [0.3, 0.4) is 0 Å². The highest BCUT2D eigenvalue weighted by Gasteiger charge is 2.31. The summed E-state index contributed by atoms with van der Waals surface area (Å²) in [6, 6.07) is 3.94. The van der Waals surface area contributed by atoms with E-state index in [1.54, 1.807) is 23.7 Å². The van der Waals surface area contributed by atoms with Gasteiger partial charge in [0.05, 0.1) is 18.3 Å². The molecule has 0 bridgehead atoms. The number of hydrogen-bond acceptors (Lipinski definition) is 4. The fourth-order valence-electron chi connectivity index (χ4n) is 3.77. The van der Waals surface area contributed by atoms with Crippen molar-refractivity contribution < 1.29 is 9.53 Å². The van der Waals surface area contributed by atoms with Crippen LogP contribution >= 0.6 is 11.3 Å². The lowest BCUT2D eigenvalue weighted by Crippen LogP contribution is -2.30. The zero-order chi connectivity index (χ0) is 17.2. The van der Waals surface area contributed by atoms with Crippen LogP contribution in [0.1, 0.15) is 46.1 Å². The first-order chi connectivity index (χ1) is 12.2. The van der Waals surface area contributed by atoms with Gasteiger partial charge in [-0.2, -0.15) is 0 Å². The third-order valence-corrected chi connectivity index (χ3v) is 6.35.